The van der Waals surface area contributed by atoms with Gasteiger partial charge < -0.3 is 14.9 Å². The predicted molar refractivity (Wildman–Crippen MR) is 132 cm³/mol. The summed E-state index contributed by atoms with van der Waals surface area (Å²) in [5, 5.41) is 10.9. The summed E-state index contributed by atoms with van der Waals surface area (Å²) in [6.45, 7) is 1.33. The van der Waals surface area contributed by atoms with Crippen LogP contribution in [0.1, 0.15) is 44.1 Å². The summed E-state index contributed by atoms with van der Waals surface area (Å²) in [6, 6.07) is 19.7. The molecule has 0 bridgehead atoms. The number of thioether (sulfide) groups is 1. The van der Waals surface area contributed by atoms with Crippen LogP contribution in [0.15, 0.2) is 65.6 Å². The maximum absolute atomic E-state index is 13.5. The van der Waals surface area contributed by atoms with Crippen LogP contribution in [0.5, 0.6) is 0 Å². The fourth-order valence-corrected chi connectivity index (χ4v) is 5.96. The Bertz CT molecular complexity index is 908. The van der Waals surface area contributed by atoms with Crippen molar-refractivity contribution in [2.45, 2.75) is 68.0 Å². The Kier molecular flexibility index (Phi) is 8.46. The van der Waals surface area contributed by atoms with Gasteiger partial charge in [0.15, 0.2) is 0 Å². The van der Waals surface area contributed by atoms with Gasteiger partial charge in [-0.05, 0) is 56.2 Å². The number of aliphatic hydroxyl groups is 1. The maximum Gasteiger partial charge on any atom is 0.245 e. The van der Waals surface area contributed by atoms with Gasteiger partial charge in [0.2, 0.25) is 11.8 Å². The summed E-state index contributed by atoms with van der Waals surface area (Å²) in [5.41, 5.74) is 1.24. The lowest BCUT2D eigenvalue weighted by Crippen LogP contribution is -2.52. The first kappa shape index (κ1) is 23.8. The molecule has 176 valence electrons. The lowest BCUT2D eigenvalue weighted by atomic mass is 10.1. The van der Waals surface area contributed by atoms with Gasteiger partial charge in [-0.15, -0.1) is 11.8 Å². The first-order valence-corrected chi connectivity index (χ1v) is 13.1. The van der Waals surface area contributed by atoms with Gasteiger partial charge in [-0.2, -0.15) is 0 Å². The first-order chi connectivity index (χ1) is 16.1. The molecule has 2 amide bonds. The summed E-state index contributed by atoms with van der Waals surface area (Å²) < 4.78 is 0. The fourth-order valence-electron chi connectivity index (χ4n) is 5.02. The molecule has 1 N–H and O–H groups in total. The van der Waals surface area contributed by atoms with E-state index in [1.54, 1.807) is 16.7 Å². The summed E-state index contributed by atoms with van der Waals surface area (Å²) in [7, 11) is 0. The molecule has 2 aromatic rings. The van der Waals surface area contributed by atoms with Crippen LogP contribution in [0.3, 0.4) is 0 Å². The second-order valence-electron chi connectivity index (χ2n) is 9.02. The van der Waals surface area contributed by atoms with Crippen LogP contribution in [-0.2, 0) is 16.0 Å². The topological polar surface area (TPSA) is 60.9 Å². The van der Waals surface area contributed by atoms with Crippen LogP contribution < -0.4 is 0 Å². The van der Waals surface area contributed by atoms with Gasteiger partial charge in [0, 0.05) is 30.2 Å². The normalized spacial score (nSPS) is 21.4. The number of aryl methyl sites for hydroxylation is 1. The molecule has 2 fully saturated rings. The van der Waals surface area contributed by atoms with E-state index in [1.807, 2.05) is 53.4 Å². The van der Waals surface area contributed by atoms with Crippen molar-refractivity contribution in [3.63, 3.8) is 0 Å². The third-order valence-electron chi connectivity index (χ3n) is 6.75. The van der Waals surface area contributed by atoms with E-state index < -0.39 is 6.10 Å². The highest BCUT2D eigenvalue weighted by Crippen LogP contribution is 2.29. The molecular formula is C27H34N2O3S. The standard InChI is InChI=1S/C27H34N2O3S/c30-25(20-33-22-13-5-2-6-14-22)23-15-8-19-29(23)27(32)24-16-9-18-28(24)26(31)17-7-12-21-10-3-1-4-11-21/h1-6,10-11,13-14,23-25,30H,7-9,12,15-20H2/t23-,24+,25?/m0/s1. The van der Waals surface area contributed by atoms with Crippen LogP contribution in [0.2, 0.25) is 0 Å². The third-order valence-corrected chi connectivity index (χ3v) is 7.86. The highest BCUT2D eigenvalue weighted by molar-refractivity contribution is 7.99. The molecule has 1 unspecified atom stereocenters. The van der Waals surface area contributed by atoms with Crippen molar-refractivity contribution in [1.29, 1.82) is 0 Å². The minimum atomic E-state index is -0.571. The fraction of sp³-hybridized carbons (Fsp3) is 0.481. The van der Waals surface area contributed by atoms with Gasteiger partial charge in [-0.3, -0.25) is 9.59 Å². The van der Waals surface area contributed by atoms with Crippen LogP contribution in [-0.4, -0.2) is 63.8 Å². The third kappa shape index (κ3) is 6.18. The van der Waals surface area contributed by atoms with Crippen molar-refractivity contribution in [2.75, 3.05) is 18.8 Å². The summed E-state index contributed by atoms with van der Waals surface area (Å²) in [6.07, 6.45) is 4.88. The first-order valence-electron chi connectivity index (χ1n) is 12.1. The smallest absolute Gasteiger partial charge is 0.245 e. The van der Waals surface area contributed by atoms with Crippen LogP contribution in [0.25, 0.3) is 0 Å². The SMILES string of the molecule is O=C(CCCc1ccccc1)N1CCC[C@@H]1C(=O)N1CCC[C@H]1C(O)CSc1ccccc1. The van der Waals surface area contributed by atoms with Crippen molar-refractivity contribution in [1.82, 2.24) is 9.80 Å². The lowest BCUT2D eigenvalue weighted by molar-refractivity contribution is -0.145. The molecule has 0 aromatic heterocycles. The zero-order valence-corrected chi connectivity index (χ0v) is 20.0. The minimum Gasteiger partial charge on any atom is -0.390 e. The van der Waals surface area contributed by atoms with E-state index in [2.05, 4.69) is 12.1 Å². The van der Waals surface area contributed by atoms with Crippen molar-refractivity contribution >= 4 is 23.6 Å². The van der Waals surface area contributed by atoms with E-state index in [1.165, 1.54) is 5.56 Å². The second kappa shape index (κ2) is 11.7. The van der Waals surface area contributed by atoms with Crippen molar-refractivity contribution < 1.29 is 14.7 Å². The minimum absolute atomic E-state index is 0.0233. The van der Waals surface area contributed by atoms with Gasteiger partial charge in [0.1, 0.15) is 6.04 Å². The molecule has 6 heteroatoms. The molecule has 2 heterocycles. The van der Waals surface area contributed by atoms with E-state index >= 15 is 0 Å². The molecule has 2 aromatic carbocycles. The van der Waals surface area contributed by atoms with Crippen LogP contribution in [0, 0.1) is 0 Å². The van der Waals surface area contributed by atoms with Gasteiger partial charge in [-0.1, -0.05) is 48.5 Å². The highest BCUT2D eigenvalue weighted by atomic mass is 32.2. The molecule has 2 saturated heterocycles. The van der Waals surface area contributed by atoms with E-state index in [0.717, 1.165) is 43.4 Å². The number of likely N-dealkylation sites (tertiary alicyclic amines) is 2. The van der Waals surface area contributed by atoms with Crippen LogP contribution in [0.4, 0.5) is 0 Å². The van der Waals surface area contributed by atoms with Crippen molar-refractivity contribution in [3.05, 3.63) is 66.2 Å². The van der Waals surface area contributed by atoms with E-state index in [4.69, 9.17) is 0 Å². The number of hydrogen-bond donors (Lipinski definition) is 1. The molecule has 2 aliphatic heterocycles. The number of carbonyl (C=O) groups excluding carboxylic acids is 2. The molecule has 0 spiro atoms. The van der Waals surface area contributed by atoms with E-state index in [0.29, 0.717) is 25.3 Å². The average Bonchev–Trinajstić information content (AvgIpc) is 3.54. The Labute approximate surface area is 201 Å². The van der Waals surface area contributed by atoms with Gasteiger partial charge >= 0.3 is 0 Å². The molecular weight excluding hydrogens is 432 g/mol. The predicted octanol–water partition coefficient (Wildman–Crippen LogP) is 4.14. The number of rotatable bonds is 9. The monoisotopic (exact) mass is 466 g/mol. The molecule has 0 saturated carbocycles. The van der Waals surface area contributed by atoms with Crippen molar-refractivity contribution in [3.8, 4) is 0 Å². The number of nitrogens with zero attached hydrogens (tertiary/aromatic N) is 2. The average molecular weight is 467 g/mol. The molecule has 0 aliphatic carbocycles. The summed E-state index contributed by atoms with van der Waals surface area (Å²) in [5.74, 6) is 0.665. The highest BCUT2D eigenvalue weighted by Gasteiger charge is 2.41. The number of aliphatic hydroxyl groups excluding tert-OH is 1. The number of amides is 2. The van der Waals surface area contributed by atoms with E-state index in [-0.39, 0.29) is 23.9 Å². The quantitative estimate of drug-likeness (QED) is 0.564. The Morgan fingerprint density at radius 1 is 0.939 bits per heavy atom. The van der Waals surface area contributed by atoms with E-state index in [9.17, 15) is 14.7 Å². The molecule has 0 radical (unpaired) electrons. The summed E-state index contributed by atoms with van der Waals surface area (Å²) in [4.78, 5) is 31.2. The lowest BCUT2D eigenvalue weighted by Gasteiger charge is -2.33. The van der Waals surface area contributed by atoms with Gasteiger partial charge in [0.25, 0.3) is 0 Å². The molecule has 33 heavy (non-hydrogen) atoms. The Balaban J connectivity index is 1.31. The van der Waals surface area contributed by atoms with Crippen molar-refractivity contribution in [2.24, 2.45) is 0 Å². The molecule has 5 nitrogen and oxygen atoms in total. The Morgan fingerprint density at radius 2 is 1.61 bits per heavy atom. The second-order valence-corrected chi connectivity index (χ2v) is 10.1. The van der Waals surface area contributed by atoms with Crippen LogP contribution >= 0.6 is 11.8 Å². The number of benzene rings is 2. The summed E-state index contributed by atoms with van der Waals surface area (Å²) >= 11 is 1.62. The van der Waals surface area contributed by atoms with Gasteiger partial charge in [0.05, 0.1) is 12.1 Å². The maximum atomic E-state index is 13.5. The number of hydrogen-bond acceptors (Lipinski definition) is 4. The zero-order chi connectivity index (χ0) is 23.0. The molecule has 3 atom stereocenters. The zero-order valence-electron chi connectivity index (χ0n) is 19.1. The largest absolute Gasteiger partial charge is 0.390 e. The Hall–Kier alpha value is -2.31. The number of carbonyl (C=O) groups is 2. The molecule has 4 rings (SSSR count). The Morgan fingerprint density at radius 3 is 2.36 bits per heavy atom. The van der Waals surface area contributed by atoms with Gasteiger partial charge in [-0.25, -0.2) is 0 Å². The molecule has 2 aliphatic rings.